The van der Waals surface area contributed by atoms with Gasteiger partial charge < -0.3 is 65.5 Å². The molecule has 14 heteroatoms. The van der Waals surface area contributed by atoms with E-state index in [9.17, 15) is 45.6 Å². The van der Waals surface area contributed by atoms with Crippen LogP contribution in [0.25, 0.3) is 0 Å². The third-order valence-corrected chi connectivity index (χ3v) is 5.88. The number of hydrogen-bond acceptors (Lipinski definition) is 14. The Morgan fingerprint density at radius 1 is 0.914 bits per heavy atom. The second kappa shape index (κ2) is 11.9. The summed E-state index contributed by atoms with van der Waals surface area (Å²) in [6.07, 6.45) is -16.5. The van der Waals surface area contributed by atoms with E-state index >= 15 is 0 Å². The fraction of sp³-hybridized carbons (Fsp3) is 0.667. The van der Waals surface area contributed by atoms with Crippen molar-refractivity contribution in [3.8, 4) is 5.75 Å². The highest BCUT2D eigenvalue weighted by atomic mass is 16.7. The van der Waals surface area contributed by atoms with Crippen LogP contribution in [0.3, 0.4) is 0 Å². The summed E-state index contributed by atoms with van der Waals surface area (Å²) in [7, 11) is 0. The van der Waals surface area contributed by atoms with Gasteiger partial charge in [-0.1, -0.05) is 12.1 Å². The molecule has 35 heavy (non-hydrogen) atoms. The predicted octanol–water partition coefficient (Wildman–Crippen LogP) is -4.57. The van der Waals surface area contributed by atoms with Gasteiger partial charge in [0, 0.05) is 0 Å². The number of carbonyl (C=O) groups is 1. The summed E-state index contributed by atoms with van der Waals surface area (Å²) in [5.74, 6) is -0.797. The summed E-state index contributed by atoms with van der Waals surface area (Å²) >= 11 is 0. The van der Waals surface area contributed by atoms with Crippen molar-refractivity contribution in [3.63, 3.8) is 0 Å². The molecule has 2 heterocycles. The van der Waals surface area contributed by atoms with Gasteiger partial charge in [-0.2, -0.15) is 0 Å². The van der Waals surface area contributed by atoms with Crippen molar-refractivity contribution in [2.24, 2.45) is 5.73 Å². The van der Waals surface area contributed by atoms with Crippen molar-refractivity contribution in [1.29, 1.82) is 0 Å². The lowest BCUT2D eigenvalue weighted by atomic mass is 9.97. The van der Waals surface area contributed by atoms with E-state index < -0.39 is 86.6 Å². The molecule has 0 unspecified atom stereocenters. The minimum absolute atomic E-state index is 0.0501. The summed E-state index contributed by atoms with van der Waals surface area (Å²) in [5.41, 5.74) is 6.50. The molecule has 0 bridgehead atoms. The van der Waals surface area contributed by atoms with Gasteiger partial charge in [0.25, 0.3) is 0 Å². The molecule has 0 spiro atoms. The highest BCUT2D eigenvalue weighted by Crippen LogP contribution is 2.28. The molecule has 1 aromatic carbocycles. The van der Waals surface area contributed by atoms with Gasteiger partial charge in [0.15, 0.2) is 12.6 Å². The number of ether oxygens (including phenoxy) is 4. The molecule has 11 atom stereocenters. The van der Waals surface area contributed by atoms with Crippen LogP contribution in [0.1, 0.15) is 5.56 Å². The van der Waals surface area contributed by atoms with Gasteiger partial charge in [-0.3, -0.25) is 4.79 Å². The number of benzene rings is 1. The van der Waals surface area contributed by atoms with Gasteiger partial charge in [0.1, 0.15) is 67.2 Å². The molecule has 2 saturated heterocycles. The number of aliphatic hydroxyl groups is 7. The molecular weight excluding hydrogens is 474 g/mol. The zero-order chi connectivity index (χ0) is 25.9. The second-order valence-corrected chi connectivity index (χ2v) is 8.45. The van der Waals surface area contributed by atoms with E-state index in [0.717, 1.165) is 0 Å². The molecule has 1 aromatic rings. The van der Waals surface area contributed by atoms with Crippen molar-refractivity contribution in [1.82, 2.24) is 0 Å². The van der Waals surface area contributed by atoms with Crippen LogP contribution in [-0.2, 0) is 30.2 Å². The fourth-order valence-electron chi connectivity index (χ4n) is 3.80. The zero-order valence-electron chi connectivity index (χ0n) is 18.5. The van der Waals surface area contributed by atoms with Gasteiger partial charge in [0.2, 0.25) is 0 Å². The first kappa shape index (κ1) is 27.6. The fourth-order valence-corrected chi connectivity index (χ4v) is 3.80. The van der Waals surface area contributed by atoms with Crippen LogP contribution in [-0.4, -0.2) is 127 Å². The Kier molecular flexibility index (Phi) is 9.36. The molecule has 0 saturated carbocycles. The third-order valence-electron chi connectivity index (χ3n) is 5.88. The number of nitrogens with two attached hydrogens (primary N) is 1. The lowest BCUT2D eigenvalue weighted by Gasteiger charge is -2.45. The largest absolute Gasteiger partial charge is 0.508 e. The third kappa shape index (κ3) is 6.44. The number of phenols is 1. The standard InChI is InChI=1S/C21H31NO13/c22-10(5-8-1-3-9(24)4-2-8)19(30)32-7-12-13(25)14(26)17(29)21(34-12)35-18-11(6-23)33-20(31)16(28)15(18)27/h1-4,10-18,20-21,23-29,31H,5-7,22H2/t10-,11+,12+,13+,14-,15+,16+,17+,18+,20+,21-/m0/s1. The van der Waals surface area contributed by atoms with Gasteiger partial charge in [-0.15, -0.1) is 0 Å². The lowest BCUT2D eigenvalue weighted by Crippen LogP contribution is -2.64. The maximum Gasteiger partial charge on any atom is 0.323 e. The summed E-state index contributed by atoms with van der Waals surface area (Å²) in [4.78, 5) is 12.3. The Balaban J connectivity index is 1.60. The Morgan fingerprint density at radius 2 is 1.57 bits per heavy atom. The van der Waals surface area contributed by atoms with Crippen molar-refractivity contribution in [2.75, 3.05) is 13.2 Å². The topological polar surface area (TPSA) is 242 Å². The minimum Gasteiger partial charge on any atom is -0.508 e. The SMILES string of the molecule is N[C@@H](Cc1ccc(O)cc1)C(=O)OC[C@H]1O[C@@H](O[C@H]2[C@H](O)[C@@H](O)[C@H](O)O[C@@H]2CO)[C@H](O)[C@@H](O)[C@@H]1O. The Bertz CT molecular complexity index is 824. The minimum atomic E-state index is -1.83. The molecule has 0 radical (unpaired) electrons. The second-order valence-electron chi connectivity index (χ2n) is 8.45. The van der Waals surface area contributed by atoms with Crippen LogP contribution in [0.15, 0.2) is 24.3 Å². The first-order chi connectivity index (χ1) is 16.5. The van der Waals surface area contributed by atoms with E-state index in [2.05, 4.69) is 0 Å². The summed E-state index contributed by atoms with van der Waals surface area (Å²) < 4.78 is 20.9. The van der Waals surface area contributed by atoms with Crippen molar-refractivity contribution >= 4 is 5.97 Å². The van der Waals surface area contributed by atoms with Crippen molar-refractivity contribution in [2.45, 2.75) is 73.9 Å². The molecule has 0 aliphatic carbocycles. The van der Waals surface area contributed by atoms with E-state index in [0.29, 0.717) is 5.56 Å². The van der Waals surface area contributed by atoms with Crippen LogP contribution in [0.4, 0.5) is 0 Å². The van der Waals surface area contributed by atoms with Crippen LogP contribution < -0.4 is 5.73 Å². The molecular formula is C21H31NO13. The highest BCUT2D eigenvalue weighted by Gasteiger charge is 2.50. The van der Waals surface area contributed by atoms with Crippen LogP contribution in [0.5, 0.6) is 5.75 Å². The van der Waals surface area contributed by atoms with Crippen LogP contribution >= 0.6 is 0 Å². The molecule has 0 aromatic heterocycles. The van der Waals surface area contributed by atoms with Crippen molar-refractivity contribution < 1.29 is 64.6 Å². The van der Waals surface area contributed by atoms with Gasteiger partial charge in [-0.05, 0) is 24.1 Å². The number of esters is 1. The molecule has 10 N–H and O–H groups in total. The van der Waals surface area contributed by atoms with E-state index in [-0.39, 0.29) is 12.2 Å². The molecule has 2 aliphatic heterocycles. The van der Waals surface area contributed by atoms with Crippen LogP contribution in [0.2, 0.25) is 0 Å². The molecule has 0 amide bonds. The molecule has 198 valence electrons. The maximum absolute atomic E-state index is 12.3. The number of carbonyl (C=O) groups excluding carboxylic acids is 1. The zero-order valence-corrected chi connectivity index (χ0v) is 18.5. The Morgan fingerprint density at radius 3 is 2.20 bits per heavy atom. The van der Waals surface area contributed by atoms with E-state index in [1.807, 2.05) is 0 Å². The summed E-state index contributed by atoms with van der Waals surface area (Å²) in [5, 5.41) is 79.1. The first-order valence-corrected chi connectivity index (χ1v) is 10.9. The average Bonchev–Trinajstić information content (AvgIpc) is 2.84. The lowest BCUT2D eigenvalue weighted by molar-refractivity contribution is -0.355. The predicted molar refractivity (Wildman–Crippen MR) is 112 cm³/mol. The van der Waals surface area contributed by atoms with Gasteiger partial charge >= 0.3 is 5.97 Å². The quantitative estimate of drug-likeness (QED) is 0.151. The number of phenolic OH excluding ortho intramolecular Hbond substituents is 1. The van der Waals surface area contributed by atoms with Gasteiger partial charge in [0.05, 0.1) is 6.61 Å². The van der Waals surface area contributed by atoms with Crippen LogP contribution in [0, 0.1) is 0 Å². The molecule has 3 rings (SSSR count). The maximum atomic E-state index is 12.3. The molecule has 2 fully saturated rings. The van der Waals surface area contributed by atoms with E-state index in [4.69, 9.17) is 24.7 Å². The molecule has 14 nitrogen and oxygen atoms in total. The Labute approximate surface area is 199 Å². The highest BCUT2D eigenvalue weighted by molar-refractivity contribution is 5.75. The van der Waals surface area contributed by atoms with E-state index in [1.165, 1.54) is 12.1 Å². The number of hydrogen-bond donors (Lipinski definition) is 9. The average molecular weight is 505 g/mol. The smallest absolute Gasteiger partial charge is 0.323 e. The number of aliphatic hydroxyl groups excluding tert-OH is 7. The molecule has 2 aliphatic rings. The summed E-state index contributed by atoms with van der Waals surface area (Å²) in [6.45, 7) is -1.32. The Hall–Kier alpha value is -1.95. The first-order valence-electron chi connectivity index (χ1n) is 10.9. The number of rotatable bonds is 8. The summed E-state index contributed by atoms with van der Waals surface area (Å²) in [6, 6.07) is 4.93. The van der Waals surface area contributed by atoms with Crippen molar-refractivity contribution in [3.05, 3.63) is 29.8 Å². The normalized spacial score (nSPS) is 38.6. The number of aromatic hydroxyl groups is 1. The van der Waals surface area contributed by atoms with Gasteiger partial charge in [-0.25, -0.2) is 0 Å². The van der Waals surface area contributed by atoms with E-state index in [1.54, 1.807) is 12.1 Å². The monoisotopic (exact) mass is 505 g/mol.